The van der Waals surface area contributed by atoms with E-state index < -0.39 is 0 Å². The van der Waals surface area contributed by atoms with Crippen molar-refractivity contribution in [3.05, 3.63) is 0 Å². The molecule has 1 saturated carbocycles. The van der Waals surface area contributed by atoms with Crippen LogP contribution in [0, 0.1) is 17.8 Å². The summed E-state index contributed by atoms with van der Waals surface area (Å²) in [6.07, 6.45) is 8.54. The van der Waals surface area contributed by atoms with Crippen LogP contribution in [0.5, 0.6) is 0 Å². The largest absolute Gasteiger partial charge is 0.377 e. The molecule has 2 nitrogen and oxygen atoms in total. The highest BCUT2D eigenvalue weighted by molar-refractivity contribution is 4.89. The van der Waals surface area contributed by atoms with E-state index in [4.69, 9.17) is 4.74 Å². The fourth-order valence-electron chi connectivity index (χ4n) is 3.79. The highest BCUT2D eigenvalue weighted by Gasteiger charge is 2.34. The molecule has 2 heteroatoms. The van der Waals surface area contributed by atoms with Gasteiger partial charge in [-0.05, 0) is 50.5 Å². The summed E-state index contributed by atoms with van der Waals surface area (Å²) in [5.74, 6) is 2.33. The van der Waals surface area contributed by atoms with Crippen molar-refractivity contribution in [1.82, 2.24) is 5.32 Å². The van der Waals surface area contributed by atoms with Crippen LogP contribution in [0.3, 0.4) is 0 Å². The van der Waals surface area contributed by atoms with E-state index >= 15 is 0 Å². The second-order valence-electron chi connectivity index (χ2n) is 6.84. The average Bonchev–Trinajstić information content (AvgIpc) is 2.46. The number of nitrogens with one attached hydrogen (secondary N) is 1. The van der Waals surface area contributed by atoms with Crippen LogP contribution in [0.2, 0.25) is 0 Å². The lowest BCUT2D eigenvalue weighted by Gasteiger charge is -2.40. The Morgan fingerprint density at radius 1 is 1.15 bits per heavy atom. The van der Waals surface area contributed by atoms with Gasteiger partial charge in [0, 0.05) is 12.6 Å². The minimum absolute atomic E-state index is 0.368. The van der Waals surface area contributed by atoms with E-state index in [1.54, 1.807) is 0 Å². The highest BCUT2D eigenvalue weighted by atomic mass is 16.5. The Morgan fingerprint density at radius 3 is 2.45 bits per heavy atom. The molecule has 0 aliphatic heterocycles. The molecule has 0 aromatic heterocycles. The van der Waals surface area contributed by atoms with Crippen LogP contribution >= 0.6 is 0 Å². The lowest BCUT2D eigenvalue weighted by atomic mass is 9.74. The fraction of sp³-hybridized carbons (Fsp3) is 1.00. The van der Waals surface area contributed by atoms with Crippen LogP contribution in [0.15, 0.2) is 0 Å². The van der Waals surface area contributed by atoms with Gasteiger partial charge in [0.15, 0.2) is 0 Å². The zero-order valence-corrected chi connectivity index (χ0v) is 14.5. The summed E-state index contributed by atoms with van der Waals surface area (Å²) in [5.41, 5.74) is 0. The first-order chi connectivity index (χ1) is 9.63. The summed E-state index contributed by atoms with van der Waals surface area (Å²) in [6.45, 7) is 13.3. The van der Waals surface area contributed by atoms with Crippen LogP contribution < -0.4 is 5.32 Å². The molecule has 4 unspecified atom stereocenters. The van der Waals surface area contributed by atoms with Gasteiger partial charge in [0.05, 0.1) is 6.10 Å². The first-order valence-corrected chi connectivity index (χ1v) is 8.98. The van der Waals surface area contributed by atoms with Gasteiger partial charge in [0.2, 0.25) is 0 Å². The van der Waals surface area contributed by atoms with Crippen LogP contribution in [0.1, 0.15) is 73.1 Å². The maximum atomic E-state index is 6.12. The first-order valence-electron chi connectivity index (χ1n) is 8.98. The molecule has 120 valence electrons. The average molecular weight is 284 g/mol. The number of rotatable bonds is 9. The van der Waals surface area contributed by atoms with Crippen molar-refractivity contribution in [1.29, 1.82) is 0 Å². The first kappa shape index (κ1) is 18.0. The van der Waals surface area contributed by atoms with E-state index in [1.807, 2.05) is 0 Å². The molecule has 1 N–H and O–H groups in total. The van der Waals surface area contributed by atoms with Crippen molar-refractivity contribution in [2.45, 2.75) is 85.3 Å². The van der Waals surface area contributed by atoms with Gasteiger partial charge in [-0.25, -0.2) is 0 Å². The Bertz CT molecular complexity index is 242. The molecule has 0 spiro atoms. The summed E-state index contributed by atoms with van der Waals surface area (Å²) < 4.78 is 6.12. The second kappa shape index (κ2) is 9.78. The van der Waals surface area contributed by atoms with Gasteiger partial charge in [0.1, 0.15) is 0 Å². The Hall–Kier alpha value is -0.0800. The maximum absolute atomic E-state index is 6.12. The number of ether oxygens (including phenoxy) is 1. The number of hydrogen-bond donors (Lipinski definition) is 1. The monoisotopic (exact) mass is 283 g/mol. The van der Waals surface area contributed by atoms with E-state index in [9.17, 15) is 0 Å². The lowest BCUT2D eigenvalue weighted by Crippen LogP contribution is -2.50. The minimum atomic E-state index is 0.368. The molecule has 1 fully saturated rings. The topological polar surface area (TPSA) is 21.3 Å². The molecule has 4 atom stereocenters. The molecule has 0 bridgehead atoms. The molecule has 0 saturated heterocycles. The summed E-state index contributed by atoms with van der Waals surface area (Å²) in [6, 6.07) is 0.546. The minimum Gasteiger partial charge on any atom is -0.377 e. The predicted molar refractivity (Wildman–Crippen MR) is 88.1 cm³/mol. The lowest BCUT2D eigenvalue weighted by molar-refractivity contribution is -0.0200. The van der Waals surface area contributed by atoms with Gasteiger partial charge in [-0.2, -0.15) is 0 Å². The van der Waals surface area contributed by atoms with Crippen molar-refractivity contribution < 1.29 is 4.74 Å². The van der Waals surface area contributed by atoms with Gasteiger partial charge < -0.3 is 10.1 Å². The van der Waals surface area contributed by atoms with Gasteiger partial charge in [-0.1, -0.05) is 47.0 Å². The van der Waals surface area contributed by atoms with E-state index in [0.29, 0.717) is 18.1 Å². The number of hydrogen-bond acceptors (Lipinski definition) is 2. The molecule has 0 aromatic carbocycles. The molecule has 20 heavy (non-hydrogen) atoms. The molecular weight excluding hydrogens is 246 g/mol. The zero-order chi connectivity index (χ0) is 15.0. The zero-order valence-electron chi connectivity index (χ0n) is 14.5. The SMILES string of the molecule is CCCNC(C1CCCC(CC)C1)C(OCC)C(C)C. The maximum Gasteiger partial charge on any atom is 0.0753 e. The smallest absolute Gasteiger partial charge is 0.0753 e. The van der Waals surface area contributed by atoms with Gasteiger partial charge in [0.25, 0.3) is 0 Å². The quantitative estimate of drug-likeness (QED) is 0.666. The molecule has 0 aromatic rings. The third kappa shape index (κ3) is 5.37. The second-order valence-corrected chi connectivity index (χ2v) is 6.84. The van der Waals surface area contributed by atoms with E-state index in [0.717, 1.165) is 25.0 Å². The molecular formula is C18H37NO. The van der Waals surface area contributed by atoms with Gasteiger partial charge in [-0.15, -0.1) is 0 Å². The Balaban J connectivity index is 2.74. The van der Waals surface area contributed by atoms with Crippen LogP contribution in [-0.2, 0) is 4.74 Å². The Labute approximate surface area is 127 Å². The van der Waals surface area contributed by atoms with Crippen molar-refractivity contribution in [2.75, 3.05) is 13.2 Å². The normalized spacial score (nSPS) is 26.7. The highest BCUT2D eigenvalue weighted by Crippen LogP contribution is 2.35. The molecule has 0 radical (unpaired) electrons. The van der Waals surface area contributed by atoms with Crippen molar-refractivity contribution in [3.8, 4) is 0 Å². The van der Waals surface area contributed by atoms with Crippen molar-refractivity contribution >= 4 is 0 Å². The third-order valence-electron chi connectivity index (χ3n) is 4.91. The van der Waals surface area contributed by atoms with Crippen LogP contribution in [0.4, 0.5) is 0 Å². The van der Waals surface area contributed by atoms with Crippen LogP contribution in [0.25, 0.3) is 0 Å². The van der Waals surface area contributed by atoms with E-state index in [-0.39, 0.29) is 0 Å². The Kier molecular flexibility index (Phi) is 8.79. The van der Waals surface area contributed by atoms with Gasteiger partial charge in [-0.3, -0.25) is 0 Å². The van der Waals surface area contributed by atoms with E-state index in [2.05, 4.69) is 39.9 Å². The fourth-order valence-corrected chi connectivity index (χ4v) is 3.79. The van der Waals surface area contributed by atoms with E-state index in [1.165, 1.54) is 38.5 Å². The molecule has 1 rings (SSSR count). The summed E-state index contributed by atoms with van der Waals surface area (Å²) in [5, 5.41) is 3.83. The molecule has 0 heterocycles. The standard InChI is InChI=1S/C18H37NO/c1-6-12-19-17(18(14(4)5)20-8-3)16-11-9-10-15(7-2)13-16/h14-19H,6-13H2,1-5H3. The van der Waals surface area contributed by atoms with Crippen LogP contribution in [-0.4, -0.2) is 25.3 Å². The predicted octanol–water partition coefficient (Wildman–Crippen LogP) is 4.63. The summed E-state index contributed by atoms with van der Waals surface area (Å²) >= 11 is 0. The molecule has 1 aliphatic rings. The third-order valence-corrected chi connectivity index (χ3v) is 4.91. The van der Waals surface area contributed by atoms with Crippen molar-refractivity contribution in [2.24, 2.45) is 17.8 Å². The molecule has 0 amide bonds. The molecule has 1 aliphatic carbocycles. The summed E-state index contributed by atoms with van der Waals surface area (Å²) in [4.78, 5) is 0. The Morgan fingerprint density at radius 2 is 1.90 bits per heavy atom. The van der Waals surface area contributed by atoms with Gasteiger partial charge >= 0.3 is 0 Å². The summed E-state index contributed by atoms with van der Waals surface area (Å²) in [7, 11) is 0. The van der Waals surface area contributed by atoms with Crippen molar-refractivity contribution in [3.63, 3.8) is 0 Å².